The van der Waals surface area contributed by atoms with Crippen LogP contribution in [0, 0.1) is 0 Å². The van der Waals surface area contributed by atoms with Gasteiger partial charge in [0.05, 0.1) is 5.52 Å². The maximum atomic E-state index is 11.2. The van der Waals surface area contributed by atoms with Gasteiger partial charge in [0, 0.05) is 16.6 Å². The first-order chi connectivity index (χ1) is 9.74. The Morgan fingerprint density at radius 1 is 1.00 bits per heavy atom. The molecular formula is C16H13N3O. The van der Waals surface area contributed by atoms with Crippen LogP contribution in [0.5, 0.6) is 0 Å². The summed E-state index contributed by atoms with van der Waals surface area (Å²) in [5.41, 5.74) is 2.48. The SMILES string of the molecule is CC(=O)c1ccc(Nc2ncnc3ccccc23)cc1. The summed E-state index contributed by atoms with van der Waals surface area (Å²) in [6, 6.07) is 15.2. The Hall–Kier alpha value is -2.75. The number of carbonyl (C=O) groups excluding carboxylic acids is 1. The molecule has 1 N–H and O–H groups in total. The van der Waals surface area contributed by atoms with Crippen LogP contribution < -0.4 is 5.32 Å². The van der Waals surface area contributed by atoms with Gasteiger partial charge < -0.3 is 5.32 Å². The van der Waals surface area contributed by atoms with Gasteiger partial charge in [-0.05, 0) is 43.3 Å². The molecule has 0 fully saturated rings. The minimum atomic E-state index is 0.0593. The van der Waals surface area contributed by atoms with Crippen LogP contribution >= 0.6 is 0 Å². The molecule has 0 amide bonds. The lowest BCUT2D eigenvalue weighted by Crippen LogP contribution is -1.97. The Morgan fingerprint density at radius 3 is 2.50 bits per heavy atom. The van der Waals surface area contributed by atoms with Gasteiger partial charge in [0.1, 0.15) is 12.1 Å². The molecule has 0 aliphatic heterocycles. The highest BCUT2D eigenvalue weighted by Crippen LogP contribution is 2.22. The second-order valence-electron chi connectivity index (χ2n) is 4.50. The molecule has 0 atom stereocenters. The maximum Gasteiger partial charge on any atom is 0.159 e. The van der Waals surface area contributed by atoms with Gasteiger partial charge in [0.2, 0.25) is 0 Å². The van der Waals surface area contributed by atoms with Crippen LogP contribution in [0.4, 0.5) is 11.5 Å². The normalized spacial score (nSPS) is 10.4. The molecular weight excluding hydrogens is 250 g/mol. The van der Waals surface area contributed by atoms with E-state index < -0.39 is 0 Å². The van der Waals surface area contributed by atoms with Crippen LogP contribution in [0.3, 0.4) is 0 Å². The number of hydrogen-bond acceptors (Lipinski definition) is 4. The van der Waals surface area contributed by atoms with Crippen LogP contribution in [0.2, 0.25) is 0 Å². The molecule has 4 heteroatoms. The fourth-order valence-electron chi connectivity index (χ4n) is 2.03. The predicted octanol–water partition coefficient (Wildman–Crippen LogP) is 3.58. The Balaban J connectivity index is 1.95. The summed E-state index contributed by atoms with van der Waals surface area (Å²) < 4.78 is 0. The zero-order chi connectivity index (χ0) is 13.9. The van der Waals surface area contributed by atoms with Gasteiger partial charge in [-0.15, -0.1) is 0 Å². The minimum absolute atomic E-state index is 0.0593. The molecule has 0 bridgehead atoms. The lowest BCUT2D eigenvalue weighted by molar-refractivity contribution is 0.101. The van der Waals surface area contributed by atoms with Gasteiger partial charge in [0.25, 0.3) is 0 Å². The quantitative estimate of drug-likeness (QED) is 0.734. The molecule has 98 valence electrons. The molecule has 3 aromatic rings. The molecule has 0 spiro atoms. The Kier molecular flexibility index (Phi) is 3.13. The van der Waals surface area contributed by atoms with E-state index in [4.69, 9.17) is 0 Å². The number of Topliss-reactive ketones (excluding diaryl/α,β-unsaturated/α-hetero) is 1. The maximum absolute atomic E-state index is 11.2. The highest BCUT2D eigenvalue weighted by molar-refractivity contribution is 5.95. The summed E-state index contributed by atoms with van der Waals surface area (Å²) in [7, 11) is 0. The van der Waals surface area contributed by atoms with E-state index >= 15 is 0 Å². The largest absolute Gasteiger partial charge is 0.340 e. The zero-order valence-electron chi connectivity index (χ0n) is 11.0. The fraction of sp³-hybridized carbons (Fsp3) is 0.0625. The first-order valence-corrected chi connectivity index (χ1v) is 6.32. The molecule has 0 unspecified atom stereocenters. The second kappa shape index (κ2) is 5.09. The fourth-order valence-corrected chi connectivity index (χ4v) is 2.03. The predicted molar refractivity (Wildman–Crippen MR) is 79.3 cm³/mol. The van der Waals surface area contributed by atoms with Gasteiger partial charge in [-0.1, -0.05) is 12.1 Å². The van der Waals surface area contributed by atoms with Crippen molar-refractivity contribution in [1.29, 1.82) is 0 Å². The van der Waals surface area contributed by atoms with Gasteiger partial charge in [-0.2, -0.15) is 0 Å². The van der Waals surface area contributed by atoms with E-state index in [1.807, 2.05) is 36.4 Å². The second-order valence-corrected chi connectivity index (χ2v) is 4.50. The molecule has 0 saturated carbocycles. The van der Waals surface area contributed by atoms with Crippen molar-refractivity contribution >= 4 is 28.2 Å². The van der Waals surface area contributed by atoms with Crippen molar-refractivity contribution in [3.63, 3.8) is 0 Å². The number of anilines is 2. The lowest BCUT2D eigenvalue weighted by atomic mass is 10.1. The Morgan fingerprint density at radius 2 is 1.75 bits per heavy atom. The lowest BCUT2D eigenvalue weighted by Gasteiger charge is -2.08. The van der Waals surface area contributed by atoms with Gasteiger partial charge in [-0.25, -0.2) is 9.97 Å². The van der Waals surface area contributed by atoms with E-state index in [2.05, 4.69) is 15.3 Å². The van der Waals surface area contributed by atoms with Crippen LogP contribution in [0.1, 0.15) is 17.3 Å². The number of nitrogens with one attached hydrogen (secondary N) is 1. The van der Waals surface area contributed by atoms with Gasteiger partial charge in [-0.3, -0.25) is 4.79 Å². The van der Waals surface area contributed by atoms with Crippen LogP contribution in [-0.2, 0) is 0 Å². The van der Waals surface area contributed by atoms with Gasteiger partial charge >= 0.3 is 0 Å². The first-order valence-electron chi connectivity index (χ1n) is 6.32. The topological polar surface area (TPSA) is 54.9 Å². The summed E-state index contributed by atoms with van der Waals surface area (Å²) in [5, 5.41) is 4.21. The molecule has 0 aliphatic carbocycles. The minimum Gasteiger partial charge on any atom is -0.340 e. The summed E-state index contributed by atoms with van der Waals surface area (Å²) in [6.45, 7) is 1.56. The molecule has 0 aliphatic rings. The van der Waals surface area contributed by atoms with Crippen LogP contribution in [-0.4, -0.2) is 15.8 Å². The standard InChI is InChI=1S/C16H13N3O/c1-11(20)12-6-8-13(9-7-12)19-16-14-4-2-3-5-15(14)17-10-18-16/h2-10H,1H3,(H,17,18,19). The van der Waals surface area contributed by atoms with E-state index in [9.17, 15) is 4.79 Å². The van der Waals surface area contributed by atoms with E-state index in [0.29, 0.717) is 5.56 Å². The number of carbonyl (C=O) groups is 1. The number of rotatable bonds is 3. The number of ketones is 1. The molecule has 2 aromatic carbocycles. The van der Waals surface area contributed by atoms with E-state index in [1.54, 1.807) is 19.1 Å². The smallest absolute Gasteiger partial charge is 0.159 e. The third kappa shape index (κ3) is 2.36. The molecule has 20 heavy (non-hydrogen) atoms. The van der Waals surface area contributed by atoms with Crippen molar-refractivity contribution in [2.45, 2.75) is 6.92 Å². The highest BCUT2D eigenvalue weighted by atomic mass is 16.1. The first kappa shape index (κ1) is 12.3. The van der Waals surface area contributed by atoms with Crippen molar-refractivity contribution in [3.05, 3.63) is 60.4 Å². The molecule has 0 saturated heterocycles. The third-order valence-corrected chi connectivity index (χ3v) is 3.10. The summed E-state index contributed by atoms with van der Waals surface area (Å²) in [4.78, 5) is 19.7. The number of fused-ring (bicyclic) bond motifs is 1. The Bertz CT molecular complexity index is 761. The van der Waals surface area contributed by atoms with Crippen molar-refractivity contribution in [2.24, 2.45) is 0 Å². The molecule has 0 radical (unpaired) electrons. The van der Waals surface area contributed by atoms with Crippen molar-refractivity contribution < 1.29 is 4.79 Å². The Labute approximate surface area is 116 Å². The number of nitrogens with zero attached hydrogens (tertiary/aromatic N) is 2. The van der Waals surface area contributed by atoms with E-state index in [1.165, 1.54) is 6.33 Å². The molecule has 1 heterocycles. The summed E-state index contributed by atoms with van der Waals surface area (Å²) in [6.07, 6.45) is 1.54. The monoisotopic (exact) mass is 263 g/mol. The molecule has 1 aromatic heterocycles. The van der Waals surface area contributed by atoms with Crippen molar-refractivity contribution in [1.82, 2.24) is 9.97 Å². The number of para-hydroxylation sites is 1. The molecule has 4 nitrogen and oxygen atoms in total. The van der Waals surface area contributed by atoms with Crippen molar-refractivity contribution in [3.8, 4) is 0 Å². The number of benzene rings is 2. The van der Waals surface area contributed by atoms with Gasteiger partial charge in [0.15, 0.2) is 5.78 Å². The van der Waals surface area contributed by atoms with Crippen LogP contribution in [0.25, 0.3) is 10.9 Å². The summed E-state index contributed by atoms with van der Waals surface area (Å²) >= 11 is 0. The van der Waals surface area contributed by atoms with Crippen LogP contribution in [0.15, 0.2) is 54.9 Å². The highest BCUT2D eigenvalue weighted by Gasteiger charge is 2.04. The molecule has 3 rings (SSSR count). The number of hydrogen-bond donors (Lipinski definition) is 1. The average molecular weight is 263 g/mol. The average Bonchev–Trinajstić information content (AvgIpc) is 2.48. The zero-order valence-corrected chi connectivity index (χ0v) is 11.0. The summed E-state index contributed by atoms with van der Waals surface area (Å²) in [5.74, 6) is 0.815. The van der Waals surface area contributed by atoms with E-state index in [0.717, 1.165) is 22.4 Å². The van der Waals surface area contributed by atoms with E-state index in [-0.39, 0.29) is 5.78 Å². The number of aromatic nitrogens is 2. The van der Waals surface area contributed by atoms with Crippen molar-refractivity contribution in [2.75, 3.05) is 5.32 Å². The third-order valence-electron chi connectivity index (χ3n) is 3.10.